The topological polar surface area (TPSA) is 38.7 Å². The standard InChI is InChI=1S/C19H22O3Se/c20-12-16-11-19(23-17-9-5-2-6-10-17)18(22-16)14-21-13-15-7-3-1-4-8-15/h1-10,16,18-20H,11-14H2/t16-,18-,19-/m0/s1. The molecule has 1 aliphatic rings. The van der Waals surface area contributed by atoms with Crippen molar-refractivity contribution in [2.75, 3.05) is 13.2 Å². The van der Waals surface area contributed by atoms with E-state index in [0.717, 1.165) is 6.42 Å². The predicted molar refractivity (Wildman–Crippen MR) is 92.0 cm³/mol. The normalized spacial score (nSPS) is 24.0. The third-order valence-corrected chi connectivity index (χ3v) is 6.72. The molecule has 122 valence electrons. The first kappa shape index (κ1) is 16.7. The summed E-state index contributed by atoms with van der Waals surface area (Å²) in [5.41, 5.74) is 1.18. The number of benzene rings is 2. The van der Waals surface area contributed by atoms with Crippen LogP contribution in [0.15, 0.2) is 60.7 Å². The second-order valence-electron chi connectivity index (χ2n) is 5.68. The van der Waals surface area contributed by atoms with E-state index >= 15 is 0 Å². The summed E-state index contributed by atoms with van der Waals surface area (Å²) in [5.74, 6) is 0. The molecule has 0 unspecified atom stereocenters. The van der Waals surface area contributed by atoms with E-state index in [1.807, 2.05) is 24.3 Å². The molecule has 4 heteroatoms. The molecule has 1 fully saturated rings. The Balaban J connectivity index is 1.54. The molecule has 1 saturated heterocycles. The first-order valence-corrected chi connectivity index (χ1v) is 9.79. The van der Waals surface area contributed by atoms with Crippen molar-refractivity contribution in [3.05, 3.63) is 66.2 Å². The summed E-state index contributed by atoms with van der Waals surface area (Å²) >= 11 is 0.339. The Bertz CT molecular complexity index is 576. The summed E-state index contributed by atoms with van der Waals surface area (Å²) in [5, 5.41) is 9.41. The minimum absolute atomic E-state index is 0.0455. The zero-order valence-corrected chi connectivity index (χ0v) is 14.7. The van der Waals surface area contributed by atoms with Gasteiger partial charge in [0.05, 0.1) is 0 Å². The number of aliphatic hydroxyl groups excluding tert-OH is 1. The van der Waals surface area contributed by atoms with Gasteiger partial charge in [0.15, 0.2) is 0 Å². The molecule has 1 aliphatic heterocycles. The molecule has 0 aromatic heterocycles. The molecule has 0 bridgehead atoms. The summed E-state index contributed by atoms with van der Waals surface area (Å²) in [6.45, 7) is 1.29. The third-order valence-electron chi connectivity index (χ3n) is 3.91. The average molecular weight is 377 g/mol. The third kappa shape index (κ3) is 4.90. The van der Waals surface area contributed by atoms with E-state index in [9.17, 15) is 5.11 Å². The van der Waals surface area contributed by atoms with Crippen LogP contribution in [0.4, 0.5) is 0 Å². The quantitative estimate of drug-likeness (QED) is 0.752. The molecule has 0 spiro atoms. The van der Waals surface area contributed by atoms with Crippen molar-refractivity contribution in [1.29, 1.82) is 0 Å². The van der Waals surface area contributed by atoms with E-state index in [0.29, 0.717) is 33.0 Å². The van der Waals surface area contributed by atoms with Crippen LogP contribution >= 0.6 is 0 Å². The molecule has 3 nitrogen and oxygen atoms in total. The van der Waals surface area contributed by atoms with Gasteiger partial charge in [-0.1, -0.05) is 0 Å². The molecular formula is C19H22O3Se. The van der Waals surface area contributed by atoms with Crippen molar-refractivity contribution in [2.45, 2.75) is 30.1 Å². The molecule has 2 aromatic carbocycles. The maximum atomic E-state index is 9.41. The van der Waals surface area contributed by atoms with Crippen LogP contribution in [0.3, 0.4) is 0 Å². The summed E-state index contributed by atoms with van der Waals surface area (Å²) in [6.07, 6.45) is 0.956. The SMILES string of the molecule is OC[C@@H]1C[C@H]([Se]c2ccccc2)[C@H](COCc2ccccc2)O1. The van der Waals surface area contributed by atoms with Crippen LogP contribution in [0.5, 0.6) is 0 Å². The van der Waals surface area contributed by atoms with Gasteiger partial charge in [-0.3, -0.25) is 0 Å². The fourth-order valence-corrected chi connectivity index (χ4v) is 5.39. The van der Waals surface area contributed by atoms with E-state index in [-0.39, 0.29) is 18.8 Å². The van der Waals surface area contributed by atoms with Crippen molar-refractivity contribution >= 4 is 19.4 Å². The number of aliphatic hydroxyl groups is 1. The Hall–Kier alpha value is -1.16. The van der Waals surface area contributed by atoms with Gasteiger partial charge in [-0.25, -0.2) is 0 Å². The van der Waals surface area contributed by atoms with Gasteiger partial charge >= 0.3 is 143 Å². The Kier molecular flexibility index (Phi) is 6.26. The molecular weight excluding hydrogens is 355 g/mol. The summed E-state index contributed by atoms with van der Waals surface area (Å²) in [7, 11) is 0. The first-order valence-electron chi connectivity index (χ1n) is 7.95. The number of ether oxygens (including phenoxy) is 2. The van der Waals surface area contributed by atoms with Crippen molar-refractivity contribution < 1.29 is 14.6 Å². The maximum absolute atomic E-state index is 9.41. The van der Waals surface area contributed by atoms with Crippen LogP contribution in [0, 0.1) is 0 Å². The molecule has 2 aromatic rings. The Morgan fingerprint density at radius 3 is 2.43 bits per heavy atom. The van der Waals surface area contributed by atoms with E-state index in [2.05, 4.69) is 36.4 Å². The van der Waals surface area contributed by atoms with Crippen molar-refractivity contribution in [1.82, 2.24) is 0 Å². The number of rotatable bonds is 7. The van der Waals surface area contributed by atoms with E-state index in [4.69, 9.17) is 9.47 Å². The van der Waals surface area contributed by atoms with Gasteiger partial charge in [-0.15, -0.1) is 0 Å². The van der Waals surface area contributed by atoms with Crippen molar-refractivity contribution in [3.8, 4) is 0 Å². The van der Waals surface area contributed by atoms with Crippen LogP contribution in [-0.4, -0.2) is 45.5 Å². The monoisotopic (exact) mass is 378 g/mol. The van der Waals surface area contributed by atoms with Gasteiger partial charge in [0.2, 0.25) is 0 Å². The minimum atomic E-state index is -0.0455. The van der Waals surface area contributed by atoms with Crippen LogP contribution in [0.1, 0.15) is 12.0 Å². The van der Waals surface area contributed by atoms with Gasteiger partial charge in [0.1, 0.15) is 0 Å². The molecule has 0 radical (unpaired) electrons. The molecule has 3 rings (SSSR count). The molecule has 1 heterocycles. The van der Waals surface area contributed by atoms with E-state index < -0.39 is 0 Å². The first-order chi connectivity index (χ1) is 11.3. The fraction of sp³-hybridized carbons (Fsp3) is 0.368. The summed E-state index contributed by atoms with van der Waals surface area (Å²) in [6, 6.07) is 20.7. The molecule has 23 heavy (non-hydrogen) atoms. The van der Waals surface area contributed by atoms with Crippen LogP contribution < -0.4 is 4.46 Å². The predicted octanol–water partition coefficient (Wildman–Crippen LogP) is 2.17. The summed E-state index contributed by atoms with van der Waals surface area (Å²) in [4.78, 5) is 0.456. The van der Waals surface area contributed by atoms with Crippen LogP contribution in [0.25, 0.3) is 0 Å². The fourth-order valence-electron chi connectivity index (χ4n) is 2.73. The zero-order chi connectivity index (χ0) is 15.9. The Labute approximate surface area is 143 Å². The van der Waals surface area contributed by atoms with E-state index in [1.54, 1.807) is 0 Å². The molecule has 0 amide bonds. The Morgan fingerprint density at radius 2 is 1.74 bits per heavy atom. The van der Waals surface area contributed by atoms with Gasteiger partial charge in [-0.2, -0.15) is 0 Å². The second-order valence-corrected chi connectivity index (χ2v) is 8.44. The molecule has 1 N–H and O–H groups in total. The zero-order valence-electron chi connectivity index (χ0n) is 13.0. The second kappa shape index (κ2) is 8.62. The van der Waals surface area contributed by atoms with E-state index in [1.165, 1.54) is 10.0 Å². The number of hydrogen-bond acceptors (Lipinski definition) is 3. The Morgan fingerprint density at radius 1 is 1.04 bits per heavy atom. The average Bonchev–Trinajstić information content (AvgIpc) is 2.99. The molecule has 0 saturated carbocycles. The van der Waals surface area contributed by atoms with Crippen LogP contribution in [-0.2, 0) is 16.1 Å². The van der Waals surface area contributed by atoms with Gasteiger partial charge < -0.3 is 0 Å². The van der Waals surface area contributed by atoms with Gasteiger partial charge in [0, 0.05) is 0 Å². The van der Waals surface area contributed by atoms with Gasteiger partial charge in [0.25, 0.3) is 0 Å². The van der Waals surface area contributed by atoms with Crippen molar-refractivity contribution in [2.24, 2.45) is 0 Å². The number of hydrogen-bond donors (Lipinski definition) is 1. The molecule has 3 atom stereocenters. The summed E-state index contributed by atoms with van der Waals surface area (Å²) < 4.78 is 13.2. The van der Waals surface area contributed by atoms with Crippen molar-refractivity contribution in [3.63, 3.8) is 0 Å². The van der Waals surface area contributed by atoms with Crippen LogP contribution in [0.2, 0.25) is 4.82 Å². The van der Waals surface area contributed by atoms with Gasteiger partial charge in [-0.05, 0) is 0 Å². The molecule has 0 aliphatic carbocycles.